The fraction of sp³-hybridized carbons (Fsp3) is 0.0952. The standard InChI is InChI=1S/C21H17N3O2S/c1-12-7-9-14(10-8-12)24-20(26)17(19(25)23-21(24)27)11-16-13(2)22-18-6-4-3-5-15(16)18/h3-11,26H,1-2H3,(H,23,25,27)/b16-11-. The number of hydrogen-bond acceptors (Lipinski definition) is 4. The van der Waals surface area contributed by atoms with E-state index in [1.54, 1.807) is 6.08 Å². The molecule has 0 bridgehead atoms. The third-order valence-electron chi connectivity index (χ3n) is 4.57. The van der Waals surface area contributed by atoms with Crippen LogP contribution in [0.5, 0.6) is 5.88 Å². The highest BCUT2D eigenvalue weighted by molar-refractivity contribution is 7.71. The van der Waals surface area contributed by atoms with Crippen LogP contribution in [0, 0.1) is 11.7 Å². The second-order valence-electron chi connectivity index (χ2n) is 6.44. The number of aromatic amines is 1. The molecule has 0 unspecified atom stereocenters. The Kier molecular flexibility index (Phi) is 4.12. The molecule has 3 aromatic rings. The summed E-state index contributed by atoms with van der Waals surface area (Å²) in [7, 11) is 0. The van der Waals surface area contributed by atoms with Crippen molar-refractivity contribution in [1.82, 2.24) is 9.55 Å². The van der Waals surface area contributed by atoms with Gasteiger partial charge in [-0.25, -0.2) is 0 Å². The zero-order valence-electron chi connectivity index (χ0n) is 14.9. The van der Waals surface area contributed by atoms with Gasteiger partial charge in [0, 0.05) is 16.8 Å². The highest BCUT2D eigenvalue weighted by atomic mass is 32.1. The summed E-state index contributed by atoms with van der Waals surface area (Å²) < 4.78 is 1.59. The number of aliphatic imine (C=N–C) groups is 1. The second-order valence-corrected chi connectivity index (χ2v) is 6.83. The van der Waals surface area contributed by atoms with Gasteiger partial charge in [-0.05, 0) is 50.3 Å². The number of hydrogen-bond donors (Lipinski definition) is 2. The first-order valence-corrected chi connectivity index (χ1v) is 8.88. The molecule has 27 heavy (non-hydrogen) atoms. The Morgan fingerprint density at radius 3 is 2.56 bits per heavy atom. The largest absolute Gasteiger partial charge is 0.494 e. The molecule has 0 spiro atoms. The number of aromatic nitrogens is 2. The van der Waals surface area contributed by atoms with E-state index in [1.165, 1.54) is 4.57 Å². The summed E-state index contributed by atoms with van der Waals surface area (Å²) in [6, 6.07) is 15.2. The van der Waals surface area contributed by atoms with Gasteiger partial charge in [-0.2, -0.15) is 0 Å². The van der Waals surface area contributed by atoms with Crippen LogP contribution in [0.15, 0.2) is 58.3 Å². The molecule has 0 amide bonds. The first-order chi connectivity index (χ1) is 13.0. The minimum Gasteiger partial charge on any atom is -0.494 e. The second kappa shape index (κ2) is 6.48. The third kappa shape index (κ3) is 2.94. The maximum Gasteiger partial charge on any atom is 0.262 e. The average Bonchev–Trinajstić information content (AvgIpc) is 2.95. The number of fused-ring (bicyclic) bond motifs is 1. The lowest BCUT2D eigenvalue weighted by Crippen LogP contribution is -2.16. The minimum absolute atomic E-state index is 0.140. The van der Waals surface area contributed by atoms with Crippen molar-refractivity contribution in [2.45, 2.75) is 13.8 Å². The number of allylic oxidation sites excluding steroid dienone is 1. The molecule has 2 heterocycles. The van der Waals surface area contributed by atoms with E-state index < -0.39 is 5.56 Å². The van der Waals surface area contributed by atoms with Gasteiger partial charge < -0.3 is 5.11 Å². The van der Waals surface area contributed by atoms with Gasteiger partial charge in [-0.15, -0.1) is 0 Å². The van der Waals surface area contributed by atoms with Gasteiger partial charge in [-0.1, -0.05) is 35.9 Å². The summed E-state index contributed by atoms with van der Waals surface area (Å²) >= 11 is 5.27. The molecule has 1 aliphatic rings. The van der Waals surface area contributed by atoms with E-state index in [1.807, 2.05) is 62.4 Å². The third-order valence-corrected chi connectivity index (χ3v) is 4.86. The topological polar surface area (TPSA) is 70.4 Å². The number of H-pyrrole nitrogens is 1. The van der Waals surface area contributed by atoms with Gasteiger partial charge in [0.05, 0.1) is 11.4 Å². The maximum absolute atomic E-state index is 12.5. The number of rotatable bonds is 2. The normalized spacial score (nSPS) is 14.3. The molecule has 5 nitrogen and oxygen atoms in total. The van der Waals surface area contributed by atoms with Gasteiger partial charge in [0.15, 0.2) is 4.77 Å². The van der Waals surface area contributed by atoms with Crippen LogP contribution in [-0.2, 0) is 0 Å². The predicted octanol–water partition coefficient (Wildman–Crippen LogP) is 4.56. The van der Waals surface area contributed by atoms with Crippen LogP contribution in [0.4, 0.5) is 5.69 Å². The molecule has 2 N–H and O–H groups in total. The first-order valence-electron chi connectivity index (χ1n) is 8.48. The molecular weight excluding hydrogens is 358 g/mol. The quantitative estimate of drug-likeness (QED) is 0.645. The molecule has 134 valence electrons. The lowest BCUT2D eigenvalue weighted by molar-refractivity contribution is 0.432. The molecule has 4 rings (SSSR count). The lowest BCUT2D eigenvalue weighted by atomic mass is 10.0. The fourth-order valence-corrected chi connectivity index (χ4v) is 3.45. The first kappa shape index (κ1) is 17.2. The van der Waals surface area contributed by atoms with Crippen molar-refractivity contribution in [3.05, 3.63) is 80.3 Å². The molecule has 6 heteroatoms. The zero-order chi connectivity index (χ0) is 19.1. The Hall–Kier alpha value is -3.25. The summed E-state index contributed by atoms with van der Waals surface area (Å²) in [5, 5.41) is 10.9. The van der Waals surface area contributed by atoms with E-state index in [0.29, 0.717) is 5.69 Å². The van der Waals surface area contributed by atoms with Gasteiger partial charge in [0.2, 0.25) is 5.88 Å². The van der Waals surface area contributed by atoms with E-state index in [2.05, 4.69) is 9.98 Å². The molecule has 0 aliphatic carbocycles. The van der Waals surface area contributed by atoms with Gasteiger partial charge in [-0.3, -0.25) is 19.3 Å². The van der Waals surface area contributed by atoms with Crippen molar-refractivity contribution in [1.29, 1.82) is 0 Å². The fourth-order valence-electron chi connectivity index (χ4n) is 3.16. The number of nitrogens with zero attached hydrogens (tertiary/aromatic N) is 2. The summed E-state index contributed by atoms with van der Waals surface area (Å²) in [5.74, 6) is -0.197. The van der Waals surface area contributed by atoms with Crippen LogP contribution in [0.25, 0.3) is 17.3 Å². The van der Waals surface area contributed by atoms with Crippen molar-refractivity contribution < 1.29 is 5.11 Å². The SMILES string of the molecule is CC1=Nc2ccccc2/C1=C\c1c(O)n(-c2ccc(C)cc2)c(=S)[nH]c1=O. The van der Waals surface area contributed by atoms with Crippen molar-refractivity contribution in [3.8, 4) is 11.6 Å². The Morgan fingerprint density at radius 1 is 1.11 bits per heavy atom. The Balaban J connectivity index is 1.94. The average molecular weight is 375 g/mol. The van der Waals surface area contributed by atoms with Crippen molar-refractivity contribution in [2.24, 2.45) is 4.99 Å². The highest BCUT2D eigenvalue weighted by Crippen LogP contribution is 2.36. The van der Waals surface area contributed by atoms with Crippen LogP contribution < -0.4 is 5.56 Å². The summed E-state index contributed by atoms with van der Waals surface area (Å²) in [6.45, 7) is 3.86. The molecule has 0 saturated heterocycles. The number of benzene rings is 2. The van der Waals surface area contributed by atoms with Crippen LogP contribution in [-0.4, -0.2) is 20.4 Å². The molecule has 0 radical (unpaired) electrons. The van der Waals surface area contributed by atoms with E-state index >= 15 is 0 Å². The molecule has 0 fully saturated rings. The number of aryl methyl sites for hydroxylation is 1. The van der Waals surface area contributed by atoms with Gasteiger partial charge in [0.1, 0.15) is 5.56 Å². The zero-order valence-corrected chi connectivity index (χ0v) is 15.7. The van der Waals surface area contributed by atoms with Crippen LogP contribution >= 0.6 is 12.2 Å². The highest BCUT2D eigenvalue weighted by Gasteiger charge is 2.20. The summed E-state index contributed by atoms with van der Waals surface area (Å²) in [4.78, 5) is 19.7. The monoisotopic (exact) mass is 375 g/mol. The van der Waals surface area contributed by atoms with Crippen molar-refractivity contribution >= 4 is 35.3 Å². The molecular formula is C21H17N3O2S. The predicted molar refractivity (Wildman–Crippen MR) is 111 cm³/mol. The maximum atomic E-state index is 12.5. The van der Waals surface area contributed by atoms with Crippen LogP contribution in [0.3, 0.4) is 0 Å². The molecule has 1 aromatic heterocycles. The van der Waals surface area contributed by atoms with Gasteiger partial charge >= 0.3 is 0 Å². The molecule has 0 atom stereocenters. The Morgan fingerprint density at radius 2 is 1.81 bits per heavy atom. The Bertz CT molecular complexity index is 1230. The number of nitrogens with one attached hydrogen (secondary N) is 1. The van der Waals surface area contributed by atoms with E-state index in [4.69, 9.17) is 12.2 Å². The smallest absolute Gasteiger partial charge is 0.262 e. The summed E-state index contributed by atoms with van der Waals surface area (Å²) in [6.07, 6.45) is 1.66. The van der Waals surface area contributed by atoms with Crippen LogP contribution in [0.1, 0.15) is 23.6 Å². The van der Waals surface area contributed by atoms with E-state index in [-0.39, 0.29) is 16.2 Å². The minimum atomic E-state index is -0.439. The number of para-hydroxylation sites is 1. The van der Waals surface area contributed by atoms with Crippen LogP contribution in [0.2, 0.25) is 0 Å². The molecule has 0 saturated carbocycles. The molecule has 1 aliphatic heterocycles. The van der Waals surface area contributed by atoms with Gasteiger partial charge in [0.25, 0.3) is 5.56 Å². The Labute approximate surface area is 161 Å². The lowest BCUT2D eigenvalue weighted by Gasteiger charge is -2.12. The number of aromatic hydroxyl groups is 1. The van der Waals surface area contributed by atoms with Crippen molar-refractivity contribution in [3.63, 3.8) is 0 Å². The summed E-state index contributed by atoms with van der Waals surface area (Å²) in [5.41, 5.74) is 4.85. The van der Waals surface area contributed by atoms with Crippen molar-refractivity contribution in [2.75, 3.05) is 0 Å². The van der Waals surface area contributed by atoms with E-state index in [9.17, 15) is 9.90 Å². The molecule has 2 aromatic carbocycles. The van der Waals surface area contributed by atoms with E-state index in [0.717, 1.165) is 28.1 Å².